The zero-order valence-corrected chi connectivity index (χ0v) is 11.0. The van der Waals surface area contributed by atoms with E-state index in [1.54, 1.807) is 0 Å². The van der Waals surface area contributed by atoms with Crippen LogP contribution in [0.2, 0.25) is 0 Å². The lowest BCUT2D eigenvalue weighted by Crippen LogP contribution is -2.41. The quantitative estimate of drug-likeness (QED) is 0.554. The van der Waals surface area contributed by atoms with Crippen molar-refractivity contribution in [2.24, 2.45) is 5.73 Å². The van der Waals surface area contributed by atoms with Gasteiger partial charge in [-0.3, -0.25) is 4.79 Å². The van der Waals surface area contributed by atoms with Gasteiger partial charge in [0, 0.05) is 33.4 Å². The van der Waals surface area contributed by atoms with Gasteiger partial charge in [-0.15, -0.1) is 0 Å². The predicted molar refractivity (Wildman–Crippen MR) is 67.3 cm³/mol. The molecular weight excluding hydrogens is 236 g/mol. The first-order chi connectivity index (χ1) is 8.77. The first-order valence-electron chi connectivity index (χ1n) is 6.48. The van der Waals surface area contributed by atoms with E-state index in [-0.39, 0.29) is 18.6 Å². The van der Waals surface area contributed by atoms with Crippen molar-refractivity contribution in [1.29, 1.82) is 0 Å². The molecule has 106 valence electrons. The van der Waals surface area contributed by atoms with Crippen molar-refractivity contribution in [3.63, 3.8) is 0 Å². The molecule has 6 nitrogen and oxygen atoms in total. The number of rotatable bonds is 9. The van der Waals surface area contributed by atoms with E-state index < -0.39 is 6.10 Å². The second-order valence-corrected chi connectivity index (χ2v) is 4.31. The molecule has 1 aliphatic rings. The number of carbonyl (C=O) groups excluding carboxylic acids is 1. The minimum Gasteiger partial charge on any atom is -0.379 e. The zero-order valence-electron chi connectivity index (χ0n) is 11.0. The van der Waals surface area contributed by atoms with Crippen molar-refractivity contribution >= 4 is 5.91 Å². The molecule has 1 rings (SSSR count). The van der Waals surface area contributed by atoms with Crippen LogP contribution in [0, 0.1) is 0 Å². The average molecular weight is 260 g/mol. The van der Waals surface area contributed by atoms with Crippen LogP contribution in [-0.2, 0) is 19.0 Å². The van der Waals surface area contributed by atoms with E-state index in [4.69, 9.17) is 19.9 Å². The van der Waals surface area contributed by atoms with Crippen molar-refractivity contribution in [3.8, 4) is 0 Å². The highest BCUT2D eigenvalue weighted by atomic mass is 16.5. The lowest BCUT2D eigenvalue weighted by atomic mass is 10.2. The highest BCUT2D eigenvalue weighted by Crippen LogP contribution is 2.11. The lowest BCUT2D eigenvalue weighted by molar-refractivity contribution is -0.130. The summed E-state index contributed by atoms with van der Waals surface area (Å²) in [6, 6.07) is 0. The van der Waals surface area contributed by atoms with E-state index in [1.165, 1.54) is 7.11 Å². The Morgan fingerprint density at radius 1 is 1.61 bits per heavy atom. The molecule has 0 aromatic heterocycles. The molecule has 0 spiro atoms. The normalized spacial score (nSPS) is 20.9. The molecule has 1 aliphatic heterocycles. The van der Waals surface area contributed by atoms with Gasteiger partial charge in [0.2, 0.25) is 5.91 Å². The first kappa shape index (κ1) is 15.4. The second kappa shape index (κ2) is 9.27. The van der Waals surface area contributed by atoms with Crippen molar-refractivity contribution in [1.82, 2.24) is 5.32 Å². The van der Waals surface area contributed by atoms with Gasteiger partial charge in [-0.25, -0.2) is 0 Å². The van der Waals surface area contributed by atoms with Crippen LogP contribution in [0.5, 0.6) is 0 Å². The van der Waals surface area contributed by atoms with E-state index in [1.807, 2.05) is 0 Å². The summed E-state index contributed by atoms with van der Waals surface area (Å²) in [6.45, 7) is 2.89. The Labute approximate surface area is 108 Å². The van der Waals surface area contributed by atoms with Crippen LogP contribution in [0.4, 0.5) is 0 Å². The van der Waals surface area contributed by atoms with E-state index in [2.05, 4.69) is 5.32 Å². The molecule has 0 aromatic carbocycles. The fourth-order valence-corrected chi connectivity index (χ4v) is 1.80. The van der Waals surface area contributed by atoms with Gasteiger partial charge in [-0.05, 0) is 19.3 Å². The van der Waals surface area contributed by atoms with Crippen molar-refractivity contribution < 1.29 is 19.0 Å². The Morgan fingerprint density at radius 3 is 3.06 bits per heavy atom. The molecular formula is C12H24N2O4. The number of nitrogens with one attached hydrogen (secondary N) is 1. The van der Waals surface area contributed by atoms with Gasteiger partial charge >= 0.3 is 0 Å². The van der Waals surface area contributed by atoms with Gasteiger partial charge < -0.3 is 25.3 Å². The number of hydrogen-bond donors (Lipinski definition) is 2. The van der Waals surface area contributed by atoms with Crippen LogP contribution in [0.3, 0.4) is 0 Å². The highest BCUT2D eigenvalue weighted by molar-refractivity contribution is 5.80. The number of amides is 1. The summed E-state index contributed by atoms with van der Waals surface area (Å²) in [5.41, 5.74) is 5.38. The standard InChI is InChI=1S/C12H24N2O4/c1-16-11(8-13)12(15)14-5-3-6-17-9-10-4-2-7-18-10/h10-11H,2-9,13H2,1H3,(H,14,15). The maximum atomic E-state index is 11.5. The van der Waals surface area contributed by atoms with Gasteiger partial charge in [-0.2, -0.15) is 0 Å². The fraction of sp³-hybridized carbons (Fsp3) is 0.917. The van der Waals surface area contributed by atoms with Crippen molar-refractivity contribution in [3.05, 3.63) is 0 Å². The average Bonchev–Trinajstić information content (AvgIpc) is 2.88. The Morgan fingerprint density at radius 2 is 2.44 bits per heavy atom. The molecule has 1 amide bonds. The SMILES string of the molecule is COC(CN)C(=O)NCCCOCC1CCCO1. The monoisotopic (exact) mass is 260 g/mol. The summed E-state index contributed by atoms with van der Waals surface area (Å²) < 4.78 is 15.8. The predicted octanol–water partition coefficient (Wildman–Crippen LogP) is -0.338. The Kier molecular flexibility index (Phi) is 7.91. The van der Waals surface area contributed by atoms with Crippen LogP contribution in [-0.4, -0.2) is 58.1 Å². The van der Waals surface area contributed by atoms with Crippen LogP contribution in [0.25, 0.3) is 0 Å². The Hall–Kier alpha value is -0.690. The molecule has 1 heterocycles. The van der Waals surface area contributed by atoms with Gasteiger partial charge in [-0.1, -0.05) is 0 Å². The van der Waals surface area contributed by atoms with Crippen LogP contribution in [0.15, 0.2) is 0 Å². The maximum Gasteiger partial charge on any atom is 0.250 e. The van der Waals surface area contributed by atoms with Crippen molar-refractivity contribution in [2.45, 2.75) is 31.5 Å². The lowest BCUT2D eigenvalue weighted by Gasteiger charge is -2.13. The van der Waals surface area contributed by atoms with Gasteiger partial charge in [0.05, 0.1) is 12.7 Å². The van der Waals surface area contributed by atoms with E-state index in [9.17, 15) is 4.79 Å². The second-order valence-electron chi connectivity index (χ2n) is 4.31. The summed E-state index contributed by atoms with van der Waals surface area (Å²) in [4.78, 5) is 11.5. The molecule has 6 heteroatoms. The minimum absolute atomic E-state index is 0.167. The number of ether oxygens (including phenoxy) is 3. The summed E-state index contributed by atoms with van der Waals surface area (Å²) in [5, 5.41) is 2.76. The van der Waals surface area contributed by atoms with E-state index >= 15 is 0 Å². The maximum absolute atomic E-state index is 11.5. The van der Waals surface area contributed by atoms with Gasteiger partial charge in [0.15, 0.2) is 0 Å². The number of carbonyl (C=O) groups is 1. The first-order valence-corrected chi connectivity index (χ1v) is 6.48. The number of methoxy groups -OCH3 is 1. The molecule has 0 radical (unpaired) electrons. The molecule has 1 fully saturated rings. The Balaban J connectivity index is 1.92. The van der Waals surface area contributed by atoms with Gasteiger partial charge in [0.1, 0.15) is 6.10 Å². The van der Waals surface area contributed by atoms with E-state index in [0.717, 1.165) is 25.9 Å². The smallest absolute Gasteiger partial charge is 0.250 e. The molecule has 1 saturated heterocycles. The third kappa shape index (κ3) is 5.77. The summed E-state index contributed by atoms with van der Waals surface area (Å²) in [5.74, 6) is -0.167. The van der Waals surface area contributed by atoms with Crippen LogP contribution < -0.4 is 11.1 Å². The molecule has 0 bridgehead atoms. The molecule has 3 N–H and O–H groups in total. The van der Waals surface area contributed by atoms with Crippen LogP contribution in [0.1, 0.15) is 19.3 Å². The number of nitrogens with two attached hydrogens (primary N) is 1. The largest absolute Gasteiger partial charge is 0.379 e. The number of hydrogen-bond acceptors (Lipinski definition) is 5. The molecule has 0 aromatic rings. The molecule has 18 heavy (non-hydrogen) atoms. The van der Waals surface area contributed by atoms with Crippen LogP contribution >= 0.6 is 0 Å². The van der Waals surface area contributed by atoms with E-state index in [0.29, 0.717) is 19.8 Å². The zero-order chi connectivity index (χ0) is 13.2. The van der Waals surface area contributed by atoms with Crippen molar-refractivity contribution in [2.75, 3.05) is 40.0 Å². The fourth-order valence-electron chi connectivity index (χ4n) is 1.80. The Bertz CT molecular complexity index is 228. The minimum atomic E-state index is -0.558. The topological polar surface area (TPSA) is 82.8 Å². The molecule has 2 unspecified atom stereocenters. The molecule has 0 aliphatic carbocycles. The van der Waals surface area contributed by atoms with Gasteiger partial charge in [0.25, 0.3) is 0 Å². The summed E-state index contributed by atoms with van der Waals surface area (Å²) in [7, 11) is 1.47. The molecule has 2 atom stereocenters. The highest BCUT2D eigenvalue weighted by Gasteiger charge is 2.16. The summed E-state index contributed by atoms with van der Waals surface area (Å²) in [6.07, 6.45) is 2.69. The third-order valence-electron chi connectivity index (χ3n) is 2.88. The summed E-state index contributed by atoms with van der Waals surface area (Å²) >= 11 is 0. The third-order valence-corrected chi connectivity index (χ3v) is 2.88. The molecule has 0 saturated carbocycles.